The maximum absolute atomic E-state index is 10.7. The van der Waals surface area contributed by atoms with Crippen LogP contribution < -0.4 is 4.90 Å². The molecule has 1 aromatic carbocycles. The summed E-state index contributed by atoms with van der Waals surface area (Å²) in [5.74, 6) is 1.11. The first-order valence-corrected chi connectivity index (χ1v) is 7.85. The number of aromatic nitrogens is 1. The minimum atomic E-state index is -2.00. The molecule has 1 atom stereocenters. The Morgan fingerprint density at radius 2 is 1.90 bits per heavy atom. The molecule has 1 fully saturated rings. The summed E-state index contributed by atoms with van der Waals surface area (Å²) in [6.45, 7) is 3.11. The van der Waals surface area contributed by atoms with E-state index in [-0.39, 0.29) is 5.88 Å². The van der Waals surface area contributed by atoms with E-state index in [9.17, 15) is 8.76 Å². The largest absolute Gasteiger partial charge is 0.771 e. The molecule has 0 amide bonds. The molecule has 2 heterocycles. The normalized spacial score (nSPS) is 18.4. The Balaban J connectivity index is 1.78. The Morgan fingerprint density at radius 3 is 2.65 bits per heavy atom. The molecule has 2 aromatic rings. The summed E-state index contributed by atoms with van der Waals surface area (Å²) in [5.41, 5.74) is 0. The second kappa shape index (κ2) is 5.87. The maximum Gasteiger partial charge on any atom is 0.136 e. The van der Waals surface area contributed by atoms with Gasteiger partial charge < -0.3 is 9.45 Å². The van der Waals surface area contributed by atoms with Crippen molar-refractivity contribution in [3.05, 3.63) is 36.5 Å². The summed E-state index contributed by atoms with van der Waals surface area (Å²) in [5, 5.41) is 2.33. The Hall–Kier alpha value is -1.50. The third kappa shape index (κ3) is 2.82. The van der Waals surface area contributed by atoms with Crippen molar-refractivity contribution in [1.29, 1.82) is 0 Å². The smallest absolute Gasteiger partial charge is 0.136 e. The predicted octanol–water partition coefficient (Wildman–Crippen LogP) is 1.19. The number of anilines is 1. The predicted molar refractivity (Wildman–Crippen MR) is 79.3 cm³/mol. The molecule has 106 valence electrons. The van der Waals surface area contributed by atoms with E-state index >= 15 is 0 Å². The summed E-state index contributed by atoms with van der Waals surface area (Å²) >= 11 is -2.00. The molecule has 6 heteroatoms. The van der Waals surface area contributed by atoms with Gasteiger partial charge in [-0.1, -0.05) is 24.3 Å². The van der Waals surface area contributed by atoms with E-state index in [2.05, 4.69) is 22.0 Å². The van der Waals surface area contributed by atoms with Gasteiger partial charge in [0.25, 0.3) is 0 Å². The summed E-state index contributed by atoms with van der Waals surface area (Å²) in [6, 6.07) is 10.2. The average Bonchev–Trinajstić information content (AvgIpc) is 2.47. The van der Waals surface area contributed by atoms with Crippen molar-refractivity contribution in [2.75, 3.05) is 37.0 Å². The topological polar surface area (TPSA) is 59.5 Å². The number of rotatable bonds is 3. The van der Waals surface area contributed by atoms with Crippen molar-refractivity contribution in [1.82, 2.24) is 9.88 Å². The Labute approximate surface area is 120 Å². The molecule has 0 bridgehead atoms. The molecule has 1 aliphatic rings. The fraction of sp³-hybridized carbons (Fsp3) is 0.357. The van der Waals surface area contributed by atoms with Crippen LogP contribution in [0, 0.1) is 0 Å². The van der Waals surface area contributed by atoms with E-state index in [0.717, 1.165) is 37.4 Å². The minimum Gasteiger partial charge on any atom is -0.771 e. The number of benzene rings is 1. The van der Waals surface area contributed by atoms with E-state index in [1.54, 1.807) is 0 Å². The van der Waals surface area contributed by atoms with Gasteiger partial charge in [-0.25, -0.2) is 4.98 Å². The van der Waals surface area contributed by atoms with Crippen molar-refractivity contribution >= 4 is 27.7 Å². The van der Waals surface area contributed by atoms with E-state index in [1.807, 2.05) is 29.3 Å². The lowest BCUT2D eigenvalue weighted by atomic mass is 10.1. The van der Waals surface area contributed by atoms with Gasteiger partial charge in [0.1, 0.15) is 5.82 Å². The minimum absolute atomic E-state index is 0.122. The van der Waals surface area contributed by atoms with Gasteiger partial charge >= 0.3 is 0 Å². The first-order valence-electron chi connectivity index (χ1n) is 6.61. The molecule has 0 radical (unpaired) electrons. The van der Waals surface area contributed by atoms with E-state index < -0.39 is 11.1 Å². The van der Waals surface area contributed by atoms with Crippen molar-refractivity contribution < 1.29 is 8.76 Å². The fourth-order valence-corrected chi connectivity index (χ4v) is 3.15. The molecule has 3 rings (SSSR count). The summed E-state index contributed by atoms with van der Waals surface area (Å²) in [6.07, 6.45) is 1.83. The molecule has 1 unspecified atom stereocenters. The maximum atomic E-state index is 10.7. The zero-order valence-electron chi connectivity index (χ0n) is 11.1. The van der Waals surface area contributed by atoms with Crippen LogP contribution in [0.3, 0.4) is 0 Å². The molecular formula is C14H16N3O2S-. The second-order valence-corrected chi connectivity index (χ2v) is 5.76. The van der Waals surface area contributed by atoms with Crippen LogP contribution in [0.5, 0.6) is 0 Å². The van der Waals surface area contributed by atoms with Gasteiger partial charge in [0.05, 0.1) is 5.88 Å². The molecule has 1 aliphatic heterocycles. The van der Waals surface area contributed by atoms with Crippen LogP contribution in [0.1, 0.15) is 0 Å². The Kier molecular flexibility index (Phi) is 3.95. The standard InChI is InChI=1S/C14H17N3O2S/c18-20(19)11-16-7-9-17(10-8-16)14-13-4-2-1-3-12(13)5-6-15-14/h1-6H,7-11H2,(H,18,19)/p-1. The number of hydrogen-bond acceptors (Lipinski definition) is 5. The highest BCUT2D eigenvalue weighted by atomic mass is 32.2. The SMILES string of the molecule is O=S([O-])CN1CCN(c2nccc3ccccc23)CC1. The molecule has 0 N–H and O–H groups in total. The molecule has 0 aliphatic carbocycles. The Morgan fingerprint density at radius 1 is 1.15 bits per heavy atom. The van der Waals surface area contributed by atoms with Gasteiger partial charge in [-0.15, -0.1) is 0 Å². The zero-order valence-corrected chi connectivity index (χ0v) is 11.9. The zero-order chi connectivity index (χ0) is 13.9. The van der Waals surface area contributed by atoms with E-state index in [0.29, 0.717) is 0 Å². The monoisotopic (exact) mass is 290 g/mol. The molecule has 5 nitrogen and oxygen atoms in total. The van der Waals surface area contributed by atoms with Gasteiger partial charge in [0.15, 0.2) is 0 Å². The first kappa shape index (κ1) is 13.5. The third-order valence-electron chi connectivity index (χ3n) is 3.61. The average molecular weight is 290 g/mol. The first-order chi connectivity index (χ1) is 9.74. The lowest BCUT2D eigenvalue weighted by Gasteiger charge is -2.36. The lowest BCUT2D eigenvalue weighted by molar-refractivity contribution is 0.291. The molecule has 0 spiro atoms. The summed E-state index contributed by atoms with van der Waals surface area (Å²) in [4.78, 5) is 8.68. The van der Waals surface area contributed by atoms with Gasteiger partial charge in [-0.2, -0.15) is 0 Å². The molecule has 1 saturated heterocycles. The van der Waals surface area contributed by atoms with Gasteiger partial charge in [-0.3, -0.25) is 9.11 Å². The van der Waals surface area contributed by atoms with E-state index in [4.69, 9.17) is 0 Å². The van der Waals surface area contributed by atoms with Crippen molar-refractivity contribution in [3.63, 3.8) is 0 Å². The van der Waals surface area contributed by atoms with Gasteiger partial charge in [-0.05, 0) is 22.5 Å². The van der Waals surface area contributed by atoms with Crippen LogP contribution in [0.15, 0.2) is 36.5 Å². The summed E-state index contributed by atoms with van der Waals surface area (Å²) in [7, 11) is 0. The number of fused-ring (bicyclic) bond motifs is 1. The van der Waals surface area contributed by atoms with Crippen LogP contribution in [-0.2, 0) is 11.1 Å². The molecule has 20 heavy (non-hydrogen) atoms. The number of nitrogens with zero attached hydrogens (tertiary/aromatic N) is 3. The highest BCUT2D eigenvalue weighted by Crippen LogP contribution is 2.24. The van der Waals surface area contributed by atoms with Crippen LogP contribution in [-0.4, -0.2) is 50.7 Å². The van der Waals surface area contributed by atoms with Gasteiger partial charge in [0, 0.05) is 37.8 Å². The quantitative estimate of drug-likeness (QED) is 0.795. The van der Waals surface area contributed by atoms with Crippen LogP contribution in [0.2, 0.25) is 0 Å². The molecular weight excluding hydrogens is 274 g/mol. The molecule has 1 aromatic heterocycles. The van der Waals surface area contributed by atoms with Crippen LogP contribution in [0.25, 0.3) is 10.8 Å². The van der Waals surface area contributed by atoms with Crippen LogP contribution >= 0.6 is 0 Å². The number of hydrogen-bond donors (Lipinski definition) is 0. The summed E-state index contributed by atoms with van der Waals surface area (Å²) < 4.78 is 21.5. The molecule has 0 saturated carbocycles. The van der Waals surface area contributed by atoms with E-state index in [1.165, 1.54) is 5.39 Å². The number of pyridine rings is 1. The van der Waals surface area contributed by atoms with Crippen molar-refractivity contribution in [2.24, 2.45) is 0 Å². The highest BCUT2D eigenvalue weighted by Gasteiger charge is 2.19. The highest BCUT2D eigenvalue weighted by molar-refractivity contribution is 7.79. The van der Waals surface area contributed by atoms with Crippen molar-refractivity contribution in [3.8, 4) is 0 Å². The lowest BCUT2D eigenvalue weighted by Crippen LogP contribution is -2.47. The van der Waals surface area contributed by atoms with Gasteiger partial charge in [0.2, 0.25) is 0 Å². The number of piperazine rings is 1. The Bertz CT molecular complexity index is 621. The van der Waals surface area contributed by atoms with Crippen LogP contribution in [0.4, 0.5) is 5.82 Å². The fourth-order valence-electron chi connectivity index (χ4n) is 2.59. The third-order valence-corrected chi connectivity index (χ3v) is 4.19. The second-order valence-electron chi connectivity index (χ2n) is 4.89. The van der Waals surface area contributed by atoms with Crippen molar-refractivity contribution in [2.45, 2.75) is 0 Å².